The summed E-state index contributed by atoms with van der Waals surface area (Å²) in [5.74, 6) is -1.05. The summed E-state index contributed by atoms with van der Waals surface area (Å²) in [7, 11) is 2.53. The Labute approximate surface area is 107 Å². The average molecular weight is 259 g/mol. The zero-order chi connectivity index (χ0) is 14.1. The van der Waals surface area contributed by atoms with E-state index in [1.807, 2.05) is 13.8 Å². The fourth-order valence-electron chi connectivity index (χ4n) is 1.41. The molecule has 0 aromatic heterocycles. The minimum Gasteiger partial charge on any atom is -0.469 e. The summed E-state index contributed by atoms with van der Waals surface area (Å²) < 4.78 is 9.04. The van der Waals surface area contributed by atoms with Gasteiger partial charge in [0.2, 0.25) is 5.91 Å². The van der Waals surface area contributed by atoms with Gasteiger partial charge in [-0.1, -0.05) is 13.8 Å². The highest BCUT2D eigenvalue weighted by Crippen LogP contribution is 2.06. The molecule has 0 heterocycles. The summed E-state index contributed by atoms with van der Waals surface area (Å²) in [5.41, 5.74) is 0. The number of rotatable bonds is 7. The van der Waals surface area contributed by atoms with Crippen LogP contribution >= 0.6 is 0 Å². The maximum atomic E-state index is 11.5. The second-order valence-corrected chi connectivity index (χ2v) is 4.35. The molecular weight excluding hydrogens is 238 g/mol. The van der Waals surface area contributed by atoms with Crippen molar-refractivity contribution in [2.45, 2.75) is 39.2 Å². The van der Waals surface area contributed by atoms with Gasteiger partial charge in [0.25, 0.3) is 0 Å². The fraction of sp³-hybridized carbons (Fsp3) is 0.750. The summed E-state index contributed by atoms with van der Waals surface area (Å²) in [6, 6.07) is -0.667. The number of hydrogen-bond donors (Lipinski definition) is 1. The Morgan fingerprint density at radius 1 is 1.06 bits per heavy atom. The summed E-state index contributed by atoms with van der Waals surface area (Å²) in [6.45, 7) is 3.88. The lowest BCUT2D eigenvalue weighted by Crippen LogP contribution is -2.42. The molecule has 0 spiro atoms. The van der Waals surface area contributed by atoms with Crippen molar-refractivity contribution >= 4 is 17.8 Å². The van der Waals surface area contributed by atoms with Crippen LogP contribution in [0.15, 0.2) is 0 Å². The molecule has 1 amide bonds. The monoisotopic (exact) mass is 259 g/mol. The molecule has 18 heavy (non-hydrogen) atoms. The van der Waals surface area contributed by atoms with Crippen LogP contribution in [0.2, 0.25) is 0 Å². The van der Waals surface area contributed by atoms with Crippen molar-refractivity contribution < 1.29 is 23.9 Å². The quantitative estimate of drug-likeness (QED) is 0.679. The molecule has 6 heteroatoms. The third kappa shape index (κ3) is 6.88. The molecule has 1 atom stereocenters. The van der Waals surface area contributed by atoms with Gasteiger partial charge in [0, 0.05) is 6.42 Å². The zero-order valence-corrected chi connectivity index (χ0v) is 11.3. The predicted molar refractivity (Wildman–Crippen MR) is 64.7 cm³/mol. The van der Waals surface area contributed by atoms with Gasteiger partial charge in [0.1, 0.15) is 6.04 Å². The van der Waals surface area contributed by atoms with E-state index < -0.39 is 18.0 Å². The van der Waals surface area contributed by atoms with Crippen molar-refractivity contribution in [3.63, 3.8) is 0 Å². The van der Waals surface area contributed by atoms with Crippen LogP contribution < -0.4 is 5.32 Å². The first-order valence-corrected chi connectivity index (χ1v) is 5.84. The average Bonchev–Trinajstić information content (AvgIpc) is 2.33. The molecular formula is C12H21NO5. The smallest absolute Gasteiger partial charge is 0.328 e. The van der Waals surface area contributed by atoms with Gasteiger partial charge in [-0.25, -0.2) is 4.79 Å². The second-order valence-electron chi connectivity index (χ2n) is 4.35. The molecule has 0 aliphatic carbocycles. The first-order valence-electron chi connectivity index (χ1n) is 5.84. The van der Waals surface area contributed by atoms with E-state index in [0.717, 1.165) is 0 Å². The first-order chi connectivity index (χ1) is 8.40. The highest BCUT2D eigenvalue weighted by Gasteiger charge is 2.22. The maximum Gasteiger partial charge on any atom is 0.328 e. The topological polar surface area (TPSA) is 81.7 Å². The van der Waals surface area contributed by atoms with Gasteiger partial charge in [0.05, 0.1) is 20.6 Å². The normalized spacial score (nSPS) is 11.8. The van der Waals surface area contributed by atoms with E-state index in [2.05, 4.69) is 14.8 Å². The van der Waals surface area contributed by atoms with Crippen LogP contribution in [0.25, 0.3) is 0 Å². The van der Waals surface area contributed by atoms with Crippen molar-refractivity contribution in [1.29, 1.82) is 0 Å². The number of ether oxygens (including phenoxy) is 2. The Morgan fingerprint density at radius 3 is 2.11 bits per heavy atom. The predicted octanol–water partition coefficient (Wildman–Crippen LogP) is 0.643. The largest absolute Gasteiger partial charge is 0.469 e. The highest BCUT2D eigenvalue weighted by atomic mass is 16.5. The second kappa shape index (κ2) is 8.49. The number of nitrogens with one attached hydrogen (secondary N) is 1. The van der Waals surface area contributed by atoms with E-state index in [1.165, 1.54) is 14.2 Å². The molecule has 0 fully saturated rings. The molecule has 0 aromatic rings. The SMILES string of the molecule is COC(=O)CCC(=O)N[C@@H](CC(C)C)C(=O)OC. The van der Waals surface area contributed by atoms with Crippen LogP contribution in [0.4, 0.5) is 0 Å². The van der Waals surface area contributed by atoms with Crippen LogP contribution in [-0.2, 0) is 23.9 Å². The molecule has 6 nitrogen and oxygen atoms in total. The van der Waals surface area contributed by atoms with Crippen molar-refractivity contribution in [1.82, 2.24) is 5.32 Å². The van der Waals surface area contributed by atoms with Crippen LogP contribution in [-0.4, -0.2) is 38.1 Å². The number of carbonyl (C=O) groups excluding carboxylic acids is 3. The Hall–Kier alpha value is -1.59. The van der Waals surface area contributed by atoms with Crippen LogP contribution in [0.5, 0.6) is 0 Å². The van der Waals surface area contributed by atoms with Crippen molar-refractivity contribution in [2.24, 2.45) is 5.92 Å². The van der Waals surface area contributed by atoms with Crippen molar-refractivity contribution in [2.75, 3.05) is 14.2 Å². The molecule has 0 radical (unpaired) electrons. The Morgan fingerprint density at radius 2 is 1.67 bits per heavy atom. The molecule has 1 N–H and O–H groups in total. The first kappa shape index (κ1) is 16.4. The molecule has 0 aliphatic heterocycles. The molecule has 0 unspecified atom stereocenters. The Balaban J connectivity index is 4.26. The third-order valence-corrected chi connectivity index (χ3v) is 2.31. The highest BCUT2D eigenvalue weighted by molar-refractivity contribution is 5.86. The molecule has 0 saturated carbocycles. The standard InChI is InChI=1S/C12H21NO5/c1-8(2)7-9(12(16)18-4)13-10(14)5-6-11(15)17-3/h8-9H,5-7H2,1-4H3,(H,13,14)/t9-/m0/s1. The lowest BCUT2D eigenvalue weighted by Gasteiger charge is -2.18. The molecule has 0 aromatic carbocycles. The van der Waals surface area contributed by atoms with Gasteiger partial charge in [-0.05, 0) is 12.3 Å². The van der Waals surface area contributed by atoms with Crippen LogP contribution in [0.1, 0.15) is 33.1 Å². The van der Waals surface area contributed by atoms with E-state index in [-0.39, 0.29) is 24.7 Å². The molecule has 0 aliphatic rings. The molecule has 104 valence electrons. The van der Waals surface area contributed by atoms with Crippen LogP contribution in [0, 0.1) is 5.92 Å². The third-order valence-electron chi connectivity index (χ3n) is 2.31. The number of amides is 1. The van der Waals surface area contributed by atoms with E-state index in [4.69, 9.17) is 0 Å². The molecule has 0 bridgehead atoms. The lowest BCUT2D eigenvalue weighted by molar-refractivity contribution is -0.145. The van der Waals surface area contributed by atoms with Gasteiger partial charge >= 0.3 is 11.9 Å². The lowest BCUT2D eigenvalue weighted by atomic mass is 10.0. The van der Waals surface area contributed by atoms with Crippen molar-refractivity contribution in [3.8, 4) is 0 Å². The summed E-state index contributed by atoms with van der Waals surface area (Å²) in [6.07, 6.45) is 0.493. The maximum absolute atomic E-state index is 11.5. The number of methoxy groups -OCH3 is 2. The Bertz CT molecular complexity index is 301. The summed E-state index contributed by atoms with van der Waals surface area (Å²) >= 11 is 0. The van der Waals surface area contributed by atoms with E-state index in [0.29, 0.717) is 6.42 Å². The van der Waals surface area contributed by atoms with E-state index >= 15 is 0 Å². The minimum atomic E-state index is -0.667. The number of hydrogen-bond acceptors (Lipinski definition) is 5. The van der Waals surface area contributed by atoms with Gasteiger partial charge in [-0.3, -0.25) is 9.59 Å². The molecule has 0 rings (SSSR count). The van der Waals surface area contributed by atoms with Gasteiger partial charge < -0.3 is 14.8 Å². The Kier molecular flexibility index (Phi) is 7.74. The van der Waals surface area contributed by atoms with Gasteiger partial charge in [-0.15, -0.1) is 0 Å². The van der Waals surface area contributed by atoms with Gasteiger partial charge in [0.15, 0.2) is 0 Å². The van der Waals surface area contributed by atoms with E-state index in [9.17, 15) is 14.4 Å². The van der Waals surface area contributed by atoms with Crippen molar-refractivity contribution in [3.05, 3.63) is 0 Å². The van der Waals surface area contributed by atoms with Gasteiger partial charge in [-0.2, -0.15) is 0 Å². The summed E-state index contributed by atoms with van der Waals surface area (Å²) in [4.78, 5) is 33.9. The fourth-order valence-corrected chi connectivity index (χ4v) is 1.41. The van der Waals surface area contributed by atoms with E-state index in [1.54, 1.807) is 0 Å². The minimum absolute atomic E-state index is 0.00172. The summed E-state index contributed by atoms with van der Waals surface area (Å²) in [5, 5.41) is 2.56. The van der Waals surface area contributed by atoms with Crippen LogP contribution in [0.3, 0.4) is 0 Å². The zero-order valence-electron chi connectivity index (χ0n) is 11.3. The number of carbonyl (C=O) groups is 3. The molecule has 0 saturated heterocycles. The number of esters is 2.